The molecule has 2 amide bonds. The summed E-state index contributed by atoms with van der Waals surface area (Å²) in [5, 5.41) is 6.62. The van der Waals surface area contributed by atoms with Gasteiger partial charge in [0.1, 0.15) is 0 Å². The van der Waals surface area contributed by atoms with Crippen molar-refractivity contribution in [1.29, 1.82) is 0 Å². The first-order valence-corrected chi connectivity index (χ1v) is 10.2. The fourth-order valence-electron chi connectivity index (χ4n) is 3.36. The fourth-order valence-corrected chi connectivity index (χ4v) is 3.36. The molecule has 166 valence electrons. The summed E-state index contributed by atoms with van der Waals surface area (Å²) in [7, 11) is 3.48. The highest BCUT2D eigenvalue weighted by molar-refractivity contribution is 14.0. The number of aliphatic imine (C=N–C) groups is 1. The van der Waals surface area contributed by atoms with Crippen LogP contribution in [0, 0.1) is 0 Å². The second kappa shape index (κ2) is 11.7. The van der Waals surface area contributed by atoms with Gasteiger partial charge in [0.2, 0.25) is 5.91 Å². The van der Waals surface area contributed by atoms with Crippen molar-refractivity contribution in [3.63, 3.8) is 0 Å². The lowest BCUT2D eigenvalue weighted by Gasteiger charge is -2.19. The molecule has 2 N–H and O–H groups in total. The first-order chi connectivity index (χ1) is 14.5. The van der Waals surface area contributed by atoms with Crippen LogP contribution in [0.1, 0.15) is 29.3 Å². The number of nitrogens with zero attached hydrogens (tertiary/aromatic N) is 3. The van der Waals surface area contributed by atoms with Gasteiger partial charge in [0.25, 0.3) is 5.91 Å². The number of amides is 2. The molecule has 1 aliphatic rings. The summed E-state index contributed by atoms with van der Waals surface area (Å²) in [6.45, 7) is 3.82. The van der Waals surface area contributed by atoms with Crippen molar-refractivity contribution >= 4 is 47.4 Å². The van der Waals surface area contributed by atoms with Gasteiger partial charge in [-0.3, -0.25) is 9.59 Å². The third-order valence-corrected chi connectivity index (χ3v) is 4.90. The predicted molar refractivity (Wildman–Crippen MR) is 135 cm³/mol. The molecule has 2 aromatic carbocycles. The molecular weight excluding hydrogens is 505 g/mol. The highest BCUT2D eigenvalue weighted by atomic mass is 127. The number of carbonyl (C=O) groups excluding carboxylic acids is 2. The fraction of sp³-hybridized carbons (Fsp3) is 0.348. The number of benzene rings is 2. The molecule has 0 radical (unpaired) electrons. The Kier molecular flexibility index (Phi) is 9.29. The molecule has 3 rings (SSSR count). The predicted octanol–water partition coefficient (Wildman–Crippen LogP) is 2.87. The molecule has 1 saturated heterocycles. The molecule has 1 heterocycles. The maximum Gasteiger partial charge on any atom is 0.253 e. The summed E-state index contributed by atoms with van der Waals surface area (Å²) < 4.78 is 0. The van der Waals surface area contributed by atoms with Crippen molar-refractivity contribution in [2.75, 3.05) is 32.1 Å². The Morgan fingerprint density at radius 2 is 1.81 bits per heavy atom. The van der Waals surface area contributed by atoms with Gasteiger partial charge in [-0.1, -0.05) is 30.3 Å². The Labute approximate surface area is 200 Å². The van der Waals surface area contributed by atoms with E-state index in [9.17, 15) is 9.59 Å². The van der Waals surface area contributed by atoms with Crippen LogP contribution in [-0.2, 0) is 11.3 Å². The van der Waals surface area contributed by atoms with E-state index in [-0.39, 0.29) is 41.8 Å². The third-order valence-electron chi connectivity index (χ3n) is 4.90. The lowest BCUT2D eigenvalue weighted by atomic mass is 10.1. The van der Waals surface area contributed by atoms with E-state index in [1.54, 1.807) is 19.0 Å². The van der Waals surface area contributed by atoms with Crippen LogP contribution in [0.2, 0.25) is 0 Å². The SMILES string of the molecule is CCNC(=NCc1ccc(C(=O)N(C)C)cc1)NC1CC(=O)N(c2ccccc2)C1.I. The molecule has 8 heteroatoms. The smallest absolute Gasteiger partial charge is 0.253 e. The van der Waals surface area contributed by atoms with E-state index in [0.29, 0.717) is 31.0 Å². The van der Waals surface area contributed by atoms with Crippen molar-refractivity contribution in [3.05, 3.63) is 65.7 Å². The van der Waals surface area contributed by atoms with Gasteiger partial charge in [-0.05, 0) is 36.8 Å². The van der Waals surface area contributed by atoms with Crippen molar-refractivity contribution in [3.8, 4) is 0 Å². The second-order valence-electron chi connectivity index (χ2n) is 7.48. The zero-order valence-electron chi connectivity index (χ0n) is 18.2. The van der Waals surface area contributed by atoms with E-state index in [0.717, 1.165) is 17.8 Å². The van der Waals surface area contributed by atoms with Crippen molar-refractivity contribution in [1.82, 2.24) is 15.5 Å². The van der Waals surface area contributed by atoms with Crippen LogP contribution in [0.15, 0.2) is 59.6 Å². The van der Waals surface area contributed by atoms with Gasteiger partial charge in [0.05, 0.1) is 12.6 Å². The zero-order valence-corrected chi connectivity index (χ0v) is 20.5. The number of rotatable bonds is 6. The first-order valence-electron chi connectivity index (χ1n) is 10.2. The normalized spacial score (nSPS) is 16.0. The molecule has 1 fully saturated rings. The molecule has 1 aliphatic heterocycles. The summed E-state index contributed by atoms with van der Waals surface area (Å²) in [5.41, 5.74) is 2.58. The van der Waals surface area contributed by atoms with Crippen LogP contribution in [0.4, 0.5) is 5.69 Å². The van der Waals surface area contributed by atoms with Gasteiger partial charge in [-0.25, -0.2) is 4.99 Å². The molecule has 0 saturated carbocycles. The number of nitrogens with one attached hydrogen (secondary N) is 2. The average molecular weight is 535 g/mol. The van der Waals surface area contributed by atoms with E-state index in [2.05, 4.69) is 15.6 Å². The van der Waals surface area contributed by atoms with Crippen molar-refractivity contribution < 1.29 is 9.59 Å². The summed E-state index contributed by atoms with van der Waals surface area (Å²) in [6.07, 6.45) is 0.431. The molecule has 0 spiro atoms. The lowest BCUT2D eigenvalue weighted by molar-refractivity contribution is -0.117. The minimum Gasteiger partial charge on any atom is -0.357 e. The zero-order chi connectivity index (χ0) is 21.5. The number of hydrogen-bond donors (Lipinski definition) is 2. The number of anilines is 1. The average Bonchev–Trinajstić information content (AvgIpc) is 3.12. The Morgan fingerprint density at radius 3 is 2.42 bits per heavy atom. The van der Waals surface area contributed by atoms with Gasteiger partial charge >= 0.3 is 0 Å². The maximum absolute atomic E-state index is 12.4. The summed E-state index contributed by atoms with van der Waals surface area (Å²) >= 11 is 0. The van der Waals surface area contributed by atoms with Gasteiger partial charge in [-0.15, -0.1) is 24.0 Å². The number of para-hydroxylation sites is 1. The number of carbonyl (C=O) groups is 2. The van der Waals surface area contributed by atoms with E-state index in [1.807, 2.05) is 66.4 Å². The Morgan fingerprint density at radius 1 is 1.13 bits per heavy atom. The Balaban J connectivity index is 0.00000341. The second-order valence-corrected chi connectivity index (χ2v) is 7.48. The van der Waals surface area contributed by atoms with Crippen molar-refractivity contribution in [2.24, 2.45) is 4.99 Å². The van der Waals surface area contributed by atoms with Crippen LogP contribution in [-0.4, -0.2) is 55.9 Å². The maximum atomic E-state index is 12.4. The largest absolute Gasteiger partial charge is 0.357 e. The molecule has 31 heavy (non-hydrogen) atoms. The quantitative estimate of drug-likeness (QED) is 0.339. The molecular formula is C23H30IN5O2. The summed E-state index contributed by atoms with van der Waals surface area (Å²) in [6, 6.07) is 17.2. The Hall–Kier alpha value is -2.62. The third kappa shape index (κ3) is 6.68. The van der Waals surface area contributed by atoms with Crippen LogP contribution < -0.4 is 15.5 Å². The van der Waals surface area contributed by atoms with E-state index in [4.69, 9.17) is 0 Å². The van der Waals surface area contributed by atoms with Crippen LogP contribution in [0.3, 0.4) is 0 Å². The van der Waals surface area contributed by atoms with Gasteiger partial charge in [0, 0.05) is 44.9 Å². The minimum absolute atomic E-state index is 0. The molecule has 2 aromatic rings. The van der Waals surface area contributed by atoms with E-state index >= 15 is 0 Å². The molecule has 0 bridgehead atoms. The van der Waals surface area contributed by atoms with Gasteiger partial charge in [0.15, 0.2) is 5.96 Å². The lowest BCUT2D eigenvalue weighted by Crippen LogP contribution is -2.44. The highest BCUT2D eigenvalue weighted by Gasteiger charge is 2.31. The summed E-state index contributed by atoms with van der Waals surface area (Å²) in [4.78, 5) is 32.4. The first kappa shape index (κ1) is 24.6. The number of halogens is 1. The monoisotopic (exact) mass is 535 g/mol. The van der Waals surface area contributed by atoms with Gasteiger partial charge < -0.3 is 20.4 Å². The standard InChI is InChI=1S/C23H29N5O2.HI/c1-4-24-23(25-15-17-10-12-18(13-11-17)22(30)27(2)3)26-19-14-21(29)28(16-19)20-8-6-5-7-9-20;/h5-13,19H,4,14-16H2,1-3H3,(H2,24,25,26);1H. The molecule has 1 unspecified atom stereocenters. The van der Waals surface area contributed by atoms with Gasteiger partial charge in [-0.2, -0.15) is 0 Å². The van der Waals surface area contributed by atoms with Crippen LogP contribution in [0.5, 0.6) is 0 Å². The molecule has 1 atom stereocenters. The summed E-state index contributed by atoms with van der Waals surface area (Å²) in [5.74, 6) is 0.767. The van der Waals surface area contributed by atoms with Crippen LogP contribution >= 0.6 is 24.0 Å². The van der Waals surface area contributed by atoms with E-state index in [1.165, 1.54) is 0 Å². The number of hydrogen-bond acceptors (Lipinski definition) is 3. The molecule has 0 aromatic heterocycles. The highest BCUT2D eigenvalue weighted by Crippen LogP contribution is 2.21. The molecule has 0 aliphatic carbocycles. The number of guanidine groups is 1. The van der Waals surface area contributed by atoms with Crippen molar-refractivity contribution in [2.45, 2.75) is 25.9 Å². The van der Waals surface area contributed by atoms with E-state index < -0.39 is 0 Å². The Bertz CT molecular complexity index is 900. The topological polar surface area (TPSA) is 77.0 Å². The molecule has 7 nitrogen and oxygen atoms in total. The van der Waals surface area contributed by atoms with Crippen LogP contribution in [0.25, 0.3) is 0 Å². The minimum atomic E-state index is -0.0195.